The van der Waals surface area contributed by atoms with Gasteiger partial charge in [0.25, 0.3) is 5.91 Å². The van der Waals surface area contributed by atoms with Crippen molar-refractivity contribution in [2.75, 3.05) is 5.32 Å². The van der Waals surface area contributed by atoms with Crippen LogP contribution in [0, 0.1) is 23.3 Å². The summed E-state index contributed by atoms with van der Waals surface area (Å²) in [7, 11) is 0. The maximum atomic E-state index is 13.6. The van der Waals surface area contributed by atoms with E-state index in [4.69, 9.17) is 20.8 Å². The van der Waals surface area contributed by atoms with Gasteiger partial charge in [-0.1, -0.05) is 11.6 Å². The Morgan fingerprint density at radius 2 is 1.75 bits per heavy atom. The molecule has 146 valence electrons. The average molecular weight is 416 g/mol. The molecule has 10 heteroatoms. The minimum absolute atomic E-state index is 0.0334. The second-order valence-corrected chi connectivity index (χ2v) is 5.90. The van der Waals surface area contributed by atoms with Gasteiger partial charge in [0, 0.05) is 11.1 Å². The van der Waals surface area contributed by atoms with Gasteiger partial charge < -0.3 is 19.6 Å². The van der Waals surface area contributed by atoms with Crippen molar-refractivity contribution in [3.8, 4) is 11.5 Å². The molecule has 1 heterocycles. The van der Waals surface area contributed by atoms with Crippen molar-refractivity contribution >= 4 is 23.2 Å². The third-order valence-electron chi connectivity index (χ3n) is 3.52. The van der Waals surface area contributed by atoms with E-state index in [1.54, 1.807) is 0 Å². The highest BCUT2D eigenvalue weighted by molar-refractivity contribution is 6.31. The van der Waals surface area contributed by atoms with Gasteiger partial charge in [0.15, 0.2) is 23.1 Å². The van der Waals surface area contributed by atoms with Crippen LogP contribution in [0.5, 0.6) is 11.5 Å². The fraction of sp³-hybridized carbons (Fsp3) is 0.0556. The monoisotopic (exact) mass is 415 g/mol. The molecule has 2 aromatic carbocycles. The van der Waals surface area contributed by atoms with Gasteiger partial charge in [-0.15, -0.1) is 0 Å². The van der Waals surface area contributed by atoms with E-state index in [1.165, 1.54) is 30.3 Å². The Balaban J connectivity index is 1.71. The molecule has 5 nitrogen and oxygen atoms in total. The van der Waals surface area contributed by atoms with E-state index in [1.807, 2.05) is 0 Å². The zero-order valence-corrected chi connectivity index (χ0v) is 14.5. The van der Waals surface area contributed by atoms with E-state index >= 15 is 0 Å². The van der Waals surface area contributed by atoms with E-state index < -0.39 is 41.5 Å². The summed E-state index contributed by atoms with van der Waals surface area (Å²) in [6, 6.07) is 6.56. The van der Waals surface area contributed by atoms with Crippen molar-refractivity contribution in [1.29, 1.82) is 0 Å². The largest absolute Gasteiger partial charge is 0.506 e. The number of nitrogens with one attached hydrogen (secondary N) is 1. The van der Waals surface area contributed by atoms with Gasteiger partial charge in [0.1, 0.15) is 18.1 Å². The van der Waals surface area contributed by atoms with Crippen LogP contribution in [-0.4, -0.2) is 11.0 Å². The third kappa shape index (κ3) is 4.04. The van der Waals surface area contributed by atoms with Gasteiger partial charge in [0.05, 0.1) is 5.69 Å². The molecule has 0 spiro atoms. The molecule has 28 heavy (non-hydrogen) atoms. The summed E-state index contributed by atoms with van der Waals surface area (Å²) < 4.78 is 63.3. The first kappa shape index (κ1) is 19.6. The van der Waals surface area contributed by atoms with Crippen LogP contribution in [0.3, 0.4) is 0 Å². The van der Waals surface area contributed by atoms with E-state index in [-0.39, 0.29) is 34.0 Å². The van der Waals surface area contributed by atoms with Gasteiger partial charge in [-0.2, -0.15) is 8.78 Å². The highest BCUT2D eigenvalue weighted by Crippen LogP contribution is 2.28. The zero-order valence-electron chi connectivity index (χ0n) is 13.7. The summed E-state index contributed by atoms with van der Waals surface area (Å²) in [4.78, 5) is 12.1. The number of benzene rings is 2. The number of hydrogen-bond acceptors (Lipinski definition) is 4. The van der Waals surface area contributed by atoms with Crippen molar-refractivity contribution in [3.05, 3.63) is 76.2 Å². The standard InChI is InChI=1S/C18H10ClF4NO4/c19-8-1-3-13(25)12(5-8)24-18(26)14-4-2-9(28-14)7-27-17-15(22)10(20)6-11(21)16(17)23/h1-6,25H,7H2,(H,24,26). The first-order valence-corrected chi connectivity index (χ1v) is 7.98. The maximum absolute atomic E-state index is 13.6. The number of hydrogen-bond donors (Lipinski definition) is 2. The molecule has 0 aliphatic heterocycles. The first-order valence-electron chi connectivity index (χ1n) is 7.60. The van der Waals surface area contributed by atoms with E-state index in [9.17, 15) is 27.5 Å². The SMILES string of the molecule is O=C(Nc1cc(Cl)ccc1O)c1ccc(COc2c(F)c(F)cc(F)c2F)o1. The van der Waals surface area contributed by atoms with Gasteiger partial charge in [-0.3, -0.25) is 4.79 Å². The molecule has 1 aromatic heterocycles. The van der Waals surface area contributed by atoms with Gasteiger partial charge in [-0.25, -0.2) is 8.78 Å². The van der Waals surface area contributed by atoms with E-state index in [0.29, 0.717) is 0 Å². The minimum Gasteiger partial charge on any atom is -0.506 e. The molecule has 0 unspecified atom stereocenters. The molecule has 2 N–H and O–H groups in total. The van der Waals surface area contributed by atoms with Gasteiger partial charge in [0.2, 0.25) is 11.6 Å². The van der Waals surface area contributed by atoms with Crippen LogP contribution >= 0.6 is 11.6 Å². The highest BCUT2D eigenvalue weighted by Gasteiger charge is 2.21. The normalized spacial score (nSPS) is 10.8. The lowest BCUT2D eigenvalue weighted by atomic mass is 10.3. The summed E-state index contributed by atoms with van der Waals surface area (Å²) >= 11 is 5.78. The Kier molecular flexibility index (Phi) is 5.46. The average Bonchev–Trinajstić information content (AvgIpc) is 3.12. The molecule has 0 aliphatic carbocycles. The van der Waals surface area contributed by atoms with E-state index in [2.05, 4.69) is 5.32 Å². The second-order valence-electron chi connectivity index (χ2n) is 5.47. The van der Waals surface area contributed by atoms with Crippen molar-refractivity contribution in [2.24, 2.45) is 0 Å². The maximum Gasteiger partial charge on any atom is 0.291 e. The smallest absolute Gasteiger partial charge is 0.291 e. The van der Waals surface area contributed by atoms with Crippen LogP contribution in [0.15, 0.2) is 40.8 Å². The lowest BCUT2D eigenvalue weighted by Crippen LogP contribution is -2.11. The van der Waals surface area contributed by atoms with Crippen LogP contribution in [0.2, 0.25) is 5.02 Å². The summed E-state index contributed by atoms with van der Waals surface area (Å²) in [5.74, 6) is -9.12. The highest BCUT2D eigenvalue weighted by atomic mass is 35.5. The molecular weight excluding hydrogens is 406 g/mol. The van der Waals surface area contributed by atoms with Crippen LogP contribution in [-0.2, 0) is 6.61 Å². The number of aromatic hydroxyl groups is 1. The first-order chi connectivity index (χ1) is 13.3. The Morgan fingerprint density at radius 1 is 1.07 bits per heavy atom. The lowest BCUT2D eigenvalue weighted by molar-refractivity contribution is 0.0991. The Bertz CT molecular complexity index is 1030. The fourth-order valence-corrected chi connectivity index (χ4v) is 2.36. The van der Waals surface area contributed by atoms with Crippen molar-refractivity contribution in [3.63, 3.8) is 0 Å². The number of furan rings is 1. The third-order valence-corrected chi connectivity index (χ3v) is 3.76. The van der Waals surface area contributed by atoms with Crippen molar-refractivity contribution < 1.29 is 36.6 Å². The molecular formula is C18H10ClF4NO4. The summed E-state index contributed by atoms with van der Waals surface area (Å²) in [6.45, 7) is -0.605. The summed E-state index contributed by atoms with van der Waals surface area (Å²) in [5, 5.41) is 12.3. The fourth-order valence-electron chi connectivity index (χ4n) is 2.19. The molecule has 3 rings (SSSR count). The molecule has 0 aliphatic rings. The Hall–Kier alpha value is -3.20. The molecule has 3 aromatic rings. The molecule has 0 atom stereocenters. The van der Waals surface area contributed by atoms with Crippen LogP contribution in [0.4, 0.5) is 23.2 Å². The second kappa shape index (κ2) is 7.81. The number of anilines is 1. The molecule has 0 fully saturated rings. The molecule has 0 bridgehead atoms. The molecule has 0 saturated carbocycles. The number of phenolic OH excluding ortho intramolecular Hbond substituents is 1. The van der Waals surface area contributed by atoms with Gasteiger partial charge >= 0.3 is 0 Å². The number of carbonyl (C=O) groups excluding carboxylic acids is 1. The Morgan fingerprint density at radius 3 is 2.43 bits per heavy atom. The van der Waals surface area contributed by atoms with Crippen LogP contribution < -0.4 is 10.1 Å². The number of ether oxygens (including phenoxy) is 1. The Labute approximate surface area is 160 Å². The summed E-state index contributed by atoms with van der Waals surface area (Å²) in [5.41, 5.74) is 0.0334. The summed E-state index contributed by atoms with van der Waals surface area (Å²) in [6.07, 6.45) is 0. The van der Waals surface area contributed by atoms with Crippen LogP contribution in [0.1, 0.15) is 16.3 Å². The van der Waals surface area contributed by atoms with Crippen molar-refractivity contribution in [1.82, 2.24) is 0 Å². The van der Waals surface area contributed by atoms with E-state index in [0.717, 1.165) is 0 Å². The lowest BCUT2D eigenvalue weighted by Gasteiger charge is -2.08. The van der Waals surface area contributed by atoms with Gasteiger partial charge in [-0.05, 0) is 30.3 Å². The number of halogens is 5. The number of carbonyl (C=O) groups is 1. The number of rotatable bonds is 5. The van der Waals surface area contributed by atoms with Crippen molar-refractivity contribution in [2.45, 2.75) is 6.61 Å². The number of phenols is 1. The predicted molar refractivity (Wildman–Crippen MR) is 90.4 cm³/mol. The molecule has 0 radical (unpaired) electrons. The predicted octanol–water partition coefficient (Wildman–Crippen LogP) is 5.03. The molecule has 0 saturated heterocycles. The minimum atomic E-state index is -1.69. The van der Waals surface area contributed by atoms with Crippen LogP contribution in [0.25, 0.3) is 0 Å². The zero-order chi connectivity index (χ0) is 20.4. The molecule has 1 amide bonds. The number of amides is 1. The topological polar surface area (TPSA) is 71.7 Å². The quantitative estimate of drug-likeness (QED) is 0.348.